The largest absolute Gasteiger partial charge is 0.467 e. The van der Waals surface area contributed by atoms with Crippen LogP contribution in [-0.2, 0) is 20.9 Å². The Morgan fingerprint density at radius 3 is 2.48 bits per heavy atom. The molecule has 0 aromatic carbocycles. The van der Waals surface area contributed by atoms with Crippen LogP contribution in [-0.4, -0.2) is 17.5 Å². The zero-order chi connectivity index (χ0) is 15.5. The topological polar surface area (TPSA) is 76.4 Å². The number of hydrogen-bond donors (Lipinski definition) is 1. The highest BCUT2D eigenvalue weighted by atomic mass is 16.3. The third-order valence-electron chi connectivity index (χ3n) is 5.93. The van der Waals surface area contributed by atoms with Crippen LogP contribution >= 0.6 is 0 Å². The molecule has 5 heteroatoms. The van der Waals surface area contributed by atoms with E-state index in [2.05, 4.69) is 5.32 Å². The average Bonchev–Trinajstić information content (AvgIpc) is 3.04. The standard InChI is InChI=1S/C16H19NO4/c1-14(2)15(3)6-7-16(14,12(19)11(15)18)13(20)17-9-10-5-4-8-21-10/h4-5,8H,6-7,9H2,1-3H3,(H,17,20)/t15-,16+/m0/s1. The van der Waals surface area contributed by atoms with Crippen molar-refractivity contribution in [3.8, 4) is 0 Å². The second-order valence-corrected chi connectivity index (χ2v) is 6.78. The highest BCUT2D eigenvalue weighted by molar-refractivity contribution is 6.48. The van der Waals surface area contributed by atoms with E-state index in [1.54, 1.807) is 12.1 Å². The molecule has 21 heavy (non-hydrogen) atoms. The number of carbonyl (C=O) groups excluding carboxylic acids is 3. The first-order chi connectivity index (χ1) is 9.77. The Hall–Kier alpha value is -1.91. The Bertz CT molecular complexity index is 631. The van der Waals surface area contributed by atoms with Crippen LogP contribution in [0.4, 0.5) is 0 Å². The van der Waals surface area contributed by atoms with Crippen molar-refractivity contribution in [2.75, 3.05) is 0 Å². The molecule has 112 valence electrons. The van der Waals surface area contributed by atoms with Crippen molar-refractivity contribution < 1.29 is 18.8 Å². The molecule has 0 radical (unpaired) electrons. The molecular weight excluding hydrogens is 270 g/mol. The second kappa shape index (κ2) is 4.06. The minimum absolute atomic E-state index is 0.224. The molecule has 1 amide bonds. The normalized spacial score (nSPS) is 33.5. The minimum Gasteiger partial charge on any atom is -0.467 e. The van der Waals surface area contributed by atoms with Crippen LogP contribution in [0.25, 0.3) is 0 Å². The molecule has 0 spiro atoms. The van der Waals surface area contributed by atoms with E-state index in [0.717, 1.165) is 0 Å². The van der Waals surface area contributed by atoms with Gasteiger partial charge in [-0.1, -0.05) is 20.8 Å². The Morgan fingerprint density at radius 1 is 1.24 bits per heavy atom. The Morgan fingerprint density at radius 2 is 1.95 bits per heavy atom. The minimum atomic E-state index is -1.23. The molecule has 1 N–H and O–H groups in total. The summed E-state index contributed by atoms with van der Waals surface area (Å²) < 4.78 is 5.18. The van der Waals surface area contributed by atoms with Crippen LogP contribution in [0.5, 0.6) is 0 Å². The summed E-state index contributed by atoms with van der Waals surface area (Å²) in [7, 11) is 0. The van der Waals surface area contributed by atoms with Gasteiger partial charge in [-0.05, 0) is 30.4 Å². The fourth-order valence-electron chi connectivity index (χ4n) is 4.00. The van der Waals surface area contributed by atoms with E-state index in [9.17, 15) is 14.4 Å². The molecular formula is C16H19NO4. The summed E-state index contributed by atoms with van der Waals surface area (Å²) >= 11 is 0. The number of nitrogens with one attached hydrogen (secondary N) is 1. The number of fused-ring (bicyclic) bond motifs is 2. The lowest BCUT2D eigenvalue weighted by molar-refractivity contribution is -0.149. The third-order valence-corrected chi connectivity index (χ3v) is 5.93. The fourth-order valence-corrected chi connectivity index (χ4v) is 4.00. The fraction of sp³-hybridized carbons (Fsp3) is 0.562. The average molecular weight is 289 g/mol. The van der Waals surface area contributed by atoms with Crippen LogP contribution in [0.1, 0.15) is 39.4 Å². The van der Waals surface area contributed by atoms with Gasteiger partial charge in [-0.2, -0.15) is 0 Å². The summed E-state index contributed by atoms with van der Waals surface area (Å²) in [5, 5.41) is 2.76. The summed E-state index contributed by atoms with van der Waals surface area (Å²) in [6, 6.07) is 3.49. The number of amides is 1. The molecule has 0 saturated heterocycles. The third kappa shape index (κ3) is 1.44. The first-order valence-corrected chi connectivity index (χ1v) is 7.17. The zero-order valence-electron chi connectivity index (χ0n) is 12.5. The molecule has 1 aromatic heterocycles. The van der Waals surface area contributed by atoms with Crippen molar-refractivity contribution in [1.82, 2.24) is 5.32 Å². The van der Waals surface area contributed by atoms with Crippen LogP contribution in [0, 0.1) is 16.2 Å². The molecule has 0 aliphatic heterocycles. The van der Waals surface area contributed by atoms with Crippen molar-refractivity contribution in [3.05, 3.63) is 24.2 Å². The number of Topliss-reactive ketones (excluding diaryl/α,β-unsaturated/α-hetero) is 2. The predicted octanol–water partition coefficient (Wildman–Crippen LogP) is 1.86. The van der Waals surface area contributed by atoms with E-state index in [1.807, 2.05) is 20.8 Å². The summed E-state index contributed by atoms with van der Waals surface area (Å²) in [5.74, 6) is -0.663. The first-order valence-electron chi connectivity index (χ1n) is 7.17. The van der Waals surface area contributed by atoms with E-state index in [0.29, 0.717) is 18.6 Å². The van der Waals surface area contributed by atoms with Crippen molar-refractivity contribution in [2.45, 2.75) is 40.2 Å². The number of furan rings is 1. The van der Waals surface area contributed by atoms with E-state index < -0.39 is 27.8 Å². The van der Waals surface area contributed by atoms with Crippen molar-refractivity contribution in [3.63, 3.8) is 0 Å². The molecule has 2 atom stereocenters. The van der Waals surface area contributed by atoms with E-state index in [-0.39, 0.29) is 12.5 Å². The SMILES string of the molecule is CC1(C)[C@]2(C(=O)NCc3ccco3)CC[C@@]1(C)C(=O)C2=O. The summed E-state index contributed by atoms with van der Waals surface area (Å²) in [6.45, 7) is 5.74. The quantitative estimate of drug-likeness (QED) is 0.680. The second-order valence-electron chi connectivity index (χ2n) is 6.78. The van der Waals surface area contributed by atoms with E-state index in [4.69, 9.17) is 4.42 Å². The summed E-state index contributed by atoms with van der Waals surface area (Å²) in [6.07, 6.45) is 2.55. The van der Waals surface area contributed by atoms with Gasteiger partial charge in [0.1, 0.15) is 11.2 Å². The van der Waals surface area contributed by atoms with Crippen LogP contribution < -0.4 is 5.32 Å². The molecule has 1 heterocycles. The molecule has 1 aromatic rings. The number of hydrogen-bond acceptors (Lipinski definition) is 4. The van der Waals surface area contributed by atoms with Gasteiger partial charge in [-0.25, -0.2) is 0 Å². The van der Waals surface area contributed by atoms with Gasteiger partial charge in [-0.3, -0.25) is 14.4 Å². The predicted molar refractivity (Wildman–Crippen MR) is 74.1 cm³/mol. The molecule has 0 unspecified atom stereocenters. The Kier molecular flexibility index (Phi) is 2.71. The Balaban J connectivity index is 1.91. The molecule has 5 nitrogen and oxygen atoms in total. The lowest BCUT2D eigenvalue weighted by Crippen LogP contribution is -2.50. The molecule has 2 aliphatic carbocycles. The first kappa shape index (κ1) is 14.0. The van der Waals surface area contributed by atoms with Crippen LogP contribution in [0.2, 0.25) is 0 Å². The van der Waals surface area contributed by atoms with Gasteiger partial charge in [0.15, 0.2) is 0 Å². The summed E-state index contributed by atoms with van der Waals surface area (Å²) in [4.78, 5) is 37.5. The van der Waals surface area contributed by atoms with Crippen molar-refractivity contribution in [2.24, 2.45) is 16.2 Å². The maximum atomic E-state index is 12.7. The van der Waals surface area contributed by atoms with Crippen LogP contribution in [0.15, 0.2) is 22.8 Å². The van der Waals surface area contributed by atoms with Crippen molar-refractivity contribution in [1.29, 1.82) is 0 Å². The van der Waals surface area contributed by atoms with E-state index >= 15 is 0 Å². The lowest BCUT2D eigenvalue weighted by atomic mass is 9.64. The molecule has 2 saturated carbocycles. The smallest absolute Gasteiger partial charge is 0.235 e. The highest BCUT2D eigenvalue weighted by Crippen LogP contribution is 2.68. The number of carbonyl (C=O) groups is 3. The van der Waals surface area contributed by atoms with E-state index in [1.165, 1.54) is 6.26 Å². The van der Waals surface area contributed by atoms with Gasteiger partial charge in [0.25, 0.3) is 0 Å². The van der Waals surface area contributed by atoms with Gasteiger partial charge in [0.2, 0.25) is 17.5 Å². The maximum absolute atomic E-state index is 12.7. The van der Waals surface area contributed by atoms with Gasteiger partial charge in [-0.15, -0.1) is 0 Å². The molecule has 2 fully saturated rings. The van der Waals surface area contributed by atoms with Crippen molar-refractivity contribution >= 4 is 17.5 Å². The van der Waals surface area contributed by atoms with Gasteiger partial charge >= 0.3 is 0 Å². The van der Waals surface area contributed by atoms with Gasteiger partial charge in [0.05, 0.1) is 12.8 Å². The number of ketones is 2. The molecule has 2 aliphatic rings. The zero-order valence-corrected chi connectivity index (χ0v) is 12.5. The Labute approximate surface area is 123 Å². The van der Waals surface area contributed by atoms with Gasteiger partial charge < -0.3 is 9.73 Å². The lowest BCUT2D eigenvalue weighted by Gasteiger charge is -2.37. The monoisotopic (exact) mass is 289 g/mol. The number of rotatable bonds is 3. The molecule has 3 rings (SSSR count). The van der Waals surface area contributed by atoms with Gasteiger partial charge in [0, 0.05) is 5.41 Å². The van der Waals surface area contributed by atoms with Crippen LogP contribution in [0.3, 0.4) is 0 Å². The summed E-state index contributed by atoms with van der Waals surface area (Å²) in [5.41, 5.74) is -2.63. The highest BCUT2D eigenvalue weighted by Gasteiger charge is 2.77. The molecule has 2 bridgehead atoms. The maximum Gasteiger partial charge on any atom is 0.235 e.